The van der Waals surface area contributed by atoms with E-state index in [4.69, 9.17) is 4.74 Å². The molecule has 1 aliphatic heterocycles. The molecule has 2 rings (SSSR count). The second-order valence-corrected chi connectivity index (χ2v) is 6.58. The van der Waals surface area contributed by atoms with Crippen LogP contribution in [-0.4, -0.2) is 25.3 Å². The summed E-state index contributed by atoms with van der Waals surface area (Å²) in [6, 6.07) is 0.739. The molecule has 0 aromatic rings. The SMILES string of the molecule is CCNC(CCC1CCCO1)C1CCCC(CC)C1. The van der Waals surface area contributed by atoms with Crippen molar-refractivity contribution in [2.45, 2.75) is 83.8 Å². The smallest absolute Gasteiger partial charge is 0.0576 e. The largest absolute Gasteiger partial charge is 0.378 e. The number of ether oxygens (including phenoxy) is 1. The summed E-state index contributed by atoms with van der Waals surface area (Å²) in [7, 11) is 0. The Hall–Kier alpha value is -0.0800. The third-order valence-electron chi connectivity index (χ3n) is 5.26. The highest BCUT2D eigenvalue weighted by Crippen LogP contribution is 2.34. The molecule has 0 spiro atoms. The Balaban J connectivity index is 1.79. The first-order valence-corrected chi connectivity index (χ1v) is 8.68. The minimum Gasteiger partial charge on any atom is -0.378 e. The Kier molecular flexibility index (Phi) is 6.66. The van der Waals surface area contributed by atoms with E-state index in [0.717, 1.165) is 31.0 Å². The monoisotopic (exact) mass is 267 g/mol. The maximum atomic E-state index is 5.78. The van der Waals surface area contributed by atoms with E-state index in [-0.39, 0.29) is 0 Å². The van der Waals surface area contributed by atoms with Crippen molar-refractivity contribution in [3.05, 3.63) is 0 Å². The van der Waals surface area contributed by atoms with Crippen LogP contribution < -0.4 is 5.32 Å². The third-order valence-corrected chi connectivity index (χ3v) is 5.26. The van der Waals surface area contributed by atoms with Crippen molar-refractivity contribution in [3.8, 4) is 0 Å². The van der Waals surface area contributed by atoms with Gasteiger partial charge in [0.2, 0.25) is 0 Å². The third kappa shape index (κ3) is 4.75. The van der Waals surface area contributed by atoms with Gasteiger partial charge in [-0.1, -0.05) is 33.1 Å². The molecule has 4 atom stereocenters. The van der Waals surface area contributed by atoms with Crippen molar-refractivity contribution in [3.63, 3.8) is 0 Å². The van der Waals surface area contributed by atoms with Gasteiger partial charge in [0, 0.05) is 12.6 Å². The molecule has 0 radical (unpaired) electrons. The van der Waals surface area contributed by atoms with Crippen LogP contribution in [0.3, 0.4) is 0 Å². The van der Waals surface area contributed by atoms with Crippen molar-refractivity contribution < 1.29 is 4.74 Å². The van der Waals surface area contributed by atoms with Gasteiger partial charge in [-0.05, 0) is 56.9 Å². The van der Waals surface area contributed by atoms with Crippen LogP contribution in [0.5, 0.6) is 0 Å². The Morgan fingerprint density at radius 1 is 1.16 bits per heavy atom. The van der Waals surface area contributed by atoms with Gasteiger partial charge in [-0.3, -0.25) is 0 Å². The Morgan fingerprint density at radius 2 is 2.05 bits per heavy atom. The first-order valence-electron chi connectivity index (χ1n) is 8.68. The molecular formula is C17H33NO. The predicted octanol–water partition coefficient (Wildman–Crippen LogP) is 4.14. The average molecular weight is 267 g/mol. The maximum Gasteiger partial charge on any atom is 0.0576 e. The molecule has 1 saturated carbocycles. The highest BCUT2D eigenvalue weighted by atomic mass is 16.5. The lowest BCUT2D eigenvalue weighted by molar-refractivity contribution is 0.0939. The summed E-state index contributed by atoms with van der Waals surface area (Å²) < 4.78 is 5.78. The van der Waals surface area contributed by atoms with E-state index in [1.165, 1.54) is 57.8 Å². The molecule has 0 aromatic carbocycles. The first kappa shape index (κ1) is 15.3. The van der Waals surface area contributed by atoms with Crippen LogP contribution in [-0.2, 0) is 4.74 Å². The normalized spacial score (nSPS) is 33.5. The molecule has 2 nitrogen and oxygen atoms in total. The lowest BCUT2D eigenvalue weighted by atomic mass is 9.75. The van der Waals surface area contributed by atoms with Crippen LogP contribution in [0.2, 0.25) is 0 Å². The first-order chi connectivity index (χ1) is 9.33. The molecule has 2 fully saturated rings. The second-order valence-electron chi connectivity index (χ2n) is 6.58. The fourth-order valence-corrected chi connectivity index (χ4v) is 4.07. The molecular weight excluding hydrogens is 234 g/mol. The zero-order valence-electron chi connectivity index (χ0n) is 13.0. The van der Waals surface area contributed by atoms with Crippen molar-refractivity contribution in [1.29, 1.82) is 0 Å². The van der Waals surface area contributed by atoms with Crippen molar-refractivity contribution in [2.75, 3.05) is 13.2 Å². The van der Waals surface area contributed by atoms with Gasteiger partial charge in [0.15, 0.2) is 0 Å². The molecule has 0 bridgehead atoms. The van der Waals surface area contributed by atoms with E-state index >= 15 is 0 Å². The minimum absolute atomic E-state index is 0.562. The van der Waals surface area contributed by atoms with Gasteiger partial charge in [0.1, 0.15) is 0 Å². The van der Waals surface area contributed by atoms with E-state index in [1.807, 2.05) is 0 Å². The van der Waals surface area contributed by atoms with Crippen LogP contribution in [0.25, 0.3) is 0 Å². The quantitative estimate of drug-likeness (QED) is 0.748. The van der Waals surface area contributed by atoms with Crippen LogP contribution in [0.15, 0.2) is 0 Å². The standard InChI is InChI=1S/C17H33NO/c1-3-14-7-5-8-15(13-14)17(18-4-2)11-10-16-9-6-12-19-16/h14-18H,3-13H2,1-2H3. The molecule has 1 heterocycles. The van der Waals surface area contributed by atoms with Crippen molar-refractivity contribution in [1.82, 2.24) is 5.32 Å². The predicted molar refractivity (Wildman–Crippen MR) is 81.4 cm³/mol. The maximum absolute atomic E-state index is 5.78. The van der Waals surface area contributed by atoms with Gasteiger partial charge in [0.05, 0.1) is 6.10 Å². The second kappa shape index (κ2) is 8.26. The summed E-state index contributed by atoms with van der Waals surface area (Å²) in [5.41, 5.74) is 0. The van der Waals surface area contributed by atoms with E-state index in [0.29, 0.717) is 6.10 Å². The van der Waals surface area contributed by atoms with Crippen LogP contribution in [0, 0.1) is 11.8 Å². The van der Waals surface area contributed by atoms with Gasteiger partial charge >= 0.3 is 0 Å². The van der Waals surface area contributed by atoms with Gasteiger partial charge in [-0.2, -0.15) is 0 Å². The Bertz CT molecular complexity index is 237. The number of hydrogen-bond donors (Lipinski definition) is 1. The summed E-state index contributed by atoms with van der Waals surface area (Å²) in [6.45, 7) is 6.72. The fraction of sp³-hybridized carbons (Fsp3) is 1.00. The number of nitrogens with one attached hydrogen (secondary N) is 1. The van der Waals surface area contributed by atoms with Gasteiger partial charge < -0.3 is 10.1 Å². The molecule has 4 unspecified atom stereocenters. The van der Waals surface area contributed by atoms with Crippen molar-refractivity contribution in [2.24, 2.45) is 11.8 Å². The fourth-order valence-electron chi connectivity index (χ4n) is 4.07. The summed E-state index contributed by atoms with van der Waals surface area (Å²) in [5, 5.41) is 3.77. The highest BCUT2D eigenvalue weighted by molar-refractivity contribution is 4.83. The average Bonchev–Trinajstić information content (AvgIpc) is 2.97. The molecule has 0 amide bonds. The Morgan fingerprint density at radius 3 is 2.74 bits per heavy atom. The molecule has 112 valence electrons. The Labute approximate surface area is 119 Å². The van der Waals surface area contributed by atoms with Gasteiger partial charge in [-0.25, -0.2) is 0 Å². The molecule has 1 N–H and O–H groups in total. The van der Waals surface area contributed by atoms with Crippen LogP contribution in [0.1, 0.15) is 71.6 Å². The van der Waals surface area contributed by atoms with E-state index in [9.17, 15) is 0 Å². The zero-order valence-corrected chi connectivity index (χ0v) is 13.0. The lowest BCUT2D eigenvalue weighted by Crippen LogP contribution is -2.39. The molecule has 1 saturated heterocycles. The molecule has 19 heavy (non-hydrogen) atoms. The van der Waals surface area contributed by atoms with Gasteiger partial charge in [0.25, 0.3) is 0 Å². The van der Waals surface area contributed by atoms with Crippen molar-refractivity contribution >= 4 is 0 Å². The zero-order chi connectivity index (χ0) is 13.5. The molecule has 1 aliphatic carbocycles. The molecule has 2 heteroatoms. The topological polar surface area (TPSA) is 21.3 Å². The summed E-state index contributed by atoms with van der Waals surface area (Å²) in [5.74, 6) is 1.91. The van der Waals surface area contributed by atoms with E-state index in [2.05, 4.69) is 19.2 Å². The lowest BCUT2D eigenvalue weighted by Gasteiger charge is -2.35. The summed E-state index contributed by atoms with van der Waals surface area (Å²) in [6.07, 6.45) is 12.9. The minimum atomic E-state index is 0.562. The van der Waals surface area contributed by atoms with Gasteiger partial charge in [-0.15, -0.1) is 0 Å². The summed E-state index contributed by atoms with van der Waals surface area (Å²) >= 11 is 0. The number of rotatable bonds is 7. The summed E-state index contributed by atoms with van der Waals surface area (Å²) in [4.78, 5) is 0. The van der Waals surface area contributed by atoms with Crippen LogP contribution >= 0.6 is 0 Å². The molecule has 2 aliphatic rings. The van der Waals surface area contributed by atoms with E-state index < -0.39 is 0 Å². The van der Waals surface area contributed by atoms with Crippen LogP contribution in [0.4, 0.5) is 0 Å². The molecule has 0 aromatic heterocycles. The highest BCUT2D eigenvalue weighted by Gasteiger charge is 2.28. The van der Waals surface area contributed by atoms with E-state index in [1.54, 1.807) is 0 Å². The number of hydrogen-bond acceptors (Lipinski definition) is 2.